The normalized spacial score (nSPS) is 10.3. The molecule has 0 aliphatic heterocycles. The van der Waals surface area contributed by atoms with Crippen LogP contribution >= 0.6 is 0 Å². The molecule has 2 rings (SSSR count). The van der Waals surface area contributed by atoms with E-state index in [9.17, 15) is 4.79 Å². The lowest BCUT2D eigenvalue weighted by Gasteiger charge is -2.07. The molecule has 0 aliphatic rings. The van der Waals surface area contributed by atoms with Crippen molar-refractivity contribution in [3.05, 3.63) is 65.7 Å². The summed E-state index contributed by atoms with van der Waals surface area (Å²) in [6.07, 6.45) is 3.47. The van der Waals surface area contributed by atoms with Crippen LogP contribution in [0.2, 0.25) is 0 Å². The fourth-order valence-corrected chi connectivity index (χ4v) is 2.18. The molecule has 0 aliphatic carbocycles. The molecular formula is C19H22O2. The van der Waals surface area contributed by atoms with Crippen LogP contribution in [0.3, 0.4) is 0 Å². The van der Waals surface area contributed by atoms with Crippen LogP contribution in [0.25, 0.3) is 0 Å². The van der Waals surface area contributed by atoms with E-state index >= 15 is 0 Å². The van der Waals surface area contributed by atoms with Gasteiger partial charge >= 0.3 is 0 Å². The number of benzene rings is 2. The van der Waals surface area contributed by atoms with Crippen molar-refractivity contribution in [3.63, 3.8) is 0 Å². The summed E-state index contributed by atoms with van der Waals surface area (Å²) in [5, 5.41) is 0. The van der Waals surface area contributed by atoms with Crippen molar-refractivity contribution in [1.29, 1.82) is 0 Å². The van der Waals surface area contributed by atoms with E-state index in [2.05, 4.69) is 24.3 Å². The third kappa shape index (κ3) is 5.82. The molecule has 0 amide bonds. The van der Waals surface area contributed by atoms with Crippen molar-refractivity contribution in [2.24, 2.45) is 0 Å². The Balaban J connectivity index is 1.70. The number of ketones is 1. The zero-order chi connectivity index (χ0) is 14.9. The summed E-state index contributed by atoms with van der Waals surface area (Å²) in [7, 11) is 0. The maximum Gasteiger partial charge on any atom is 0.130 e. The summed E-state index contributed by atoms with van der Waals surface area (Å²) < 4.78 is 5.74. The summed E-state index contributed by atoms with van der Waals surface area (Å²) in [6.45, 7) is 2.35. The van der Waals surface area contributed by atoms with Gasteiger partial charge in [-0.15, -0.1) is 0 Å². The molecular weight excluding hydrogens is 260 g/mol. The molecule has 2 heteroatoms. The van der Waals surface area contributed by atoms with Crippen LogP contribution in [0.1, 0.15) is 30.9 Å². The molecule has 0 atom stereocenters. The van der Waals surface area contributed by atoms with E-state index in [-0.39, 0.29) is 5.78 Å². The third-order valence-electron chi connectivity index (χ3n) is 3.41. The molecule has 0 saturated carbocycles. The zero-order valence-electron chi connectivity index (χ0n) is 12.5. The first-order valence-electron chi connectivity index (χ1n) is 7.49. The highest BCUT2D eigenvalue weighted by atomic mass is 16.5. The van der Waals surface area contributed by atoms with E-state index in [1.165, 1.54) is 11.1 Å². The molecule has 2 nitrogen and oxygen atoms in total. The Morgan fingerprint density at radius 1 is 0.905 bits per heavy atom. The average molecular weight is 282 g/mol. The van der Waals surface area contributed by atoms with E-state index in [1.807, 2.05) is 30.3 Å². The molecule has 21 heavy (non-hydrogen) atoms. The summed E-state index contributed by atoms with van der Waals surface area (Å²) >= 11 is 0. The minimum atomic E-state index is 0.233. The molecule has 110 valence electrons. The highest BCUT2D eigenvalue weighted by Gasteiger charge is 1.99. The van der Waals surface area contributed by atoms with E-state index < -0.39 is 0 Å². The molecule has 0 N–H and O–H groups in total. The van der Waals surface area contributed by atoms with E-state index in [0.717, 1.165) is 31.6 Å². The molecule has 0 radical (unpaired) electrons. The molecule has 0 spiro atoms. The van der Waals surface area contributed by atoms with Crippen LogP contribution in [0, 0.1) is 0 Å². The van der Waals surface area contributed by atoms with Crippen molar-refractivity contribution < 1.29 is 9.53 Å². The first-order valence-corrected chi connectivity index (χ1v) is 7.49. The first kappa shape index (κ1) is 15.3. The molecule has 0 unspecified atom stereocenters. The van der Waals surface area contributed by atoms with E-state index in [4.69, 9.17) is 4.74 Å². The first-order chi connectivity index (χ1) is 10.2. The Hall–Kier alpha value is -2.09. The van der Waals surface area contributed by atoms with Gasteiger partial charge < -0.3 is 9.53 Å². The summed E-state index contributed by atoms with van der Waals surface area (Å²) in [4.78, 5) is 11.0. The average Bonchev–Trinajstić information content (AvgIpc) is 2.52. The third-order valence-corrected chi connectivity index (χ3v) is 3.41. The van der Waals surface area contributed by atoms with Gasteiger partial charge in [0.05, 0.1) is 6.61 Å². The second kappa shape index (κ2) is 8.25. The number of hydrogen-bond donors (Lipinski definition) is 0. The molecule has 2 aromatic rings. The lowest BCUT2D eigenvalue weighted by molar-refractivity contribution is -0.116. The Kier molecular flexibility index (Phi) is 6.01. The van der Waals surface area contributed by atoms with Gasteiger partial charge in [-0.1, -0.05) is 42.5 Å². The van der Waals surface area contributed by atoms with Gasteiger partial charge in [-0.25, -0.2) is 0 Å². The van der Waals surface area contributed by atoms with Crippen LogP contribution < -0.4 is 4.74 Å². The Morgan fingerprint density at radius 2 is 1.57 bits per heavy atom. The molecule has 0 heterocycles. The highest BCUT2D eigenvalue weighted by molar-refractivity contribution is 5.75. The predicted octanol–water partition coefficient (Wildman–Crippen LogP) is 4.22. The number of hydrogen-bond acceptors (Lipinski definition) is 2. The smallest absolute Gasteiger partial charge is 0.130 e. The van der Waals surface area contributed by atoms with Gasteiger partial charge in [-0.05, 0) is 49.4 Å². The van der Waals surface area contributed by atoms with Gasteiger partial charge in [0.2, 0.25) is 0 Å². The minimum absolute atomic E-state index is 0.233. The van der Waals surface area contributed by atoms with Gasteiger partial charge in [0.1, 0.15) is 11.5 Å². The van der Waals surface area contributed by atoms with Crippen molar-refractivity contribution in [2.45, 2.75) is 32.6 Å². The summed E-state index contributed by atoms with van der Waals surface area (Å²) in [6, 6.07) is 18.5. The molecule has 2 aromatic carbocycles. The fraction of sp³-hybridized carbons (Fsp3) is 0.316. The monoisotopic (exact) mass is 282 g/mol. The van der Waals surface area contributed by atoms with Crippen molar-refractivity contribution in [2.75, 3.05) is 6.61 Å². The molecule has 0 bridgehead atoms. The van der Waals surface area contributed by atoms with Gasteiger partial charge in [-0.3, -0.25) is 0 Å². The number of carbonyl (C=O) groups excluding carboxylic acids is 1. The maximum absolute atomic E-state index is 11.0. The quantitative estimate of drug-likeness (QED) is 0.678. The number of Topliss-reactive ketones (excluding diaryl/α,β-unsaturated/α-hetero) is 1. The second-order valence-corrected chi connectivity index (χ2v) is 5.28. The Bertz CT molecular complexity index is 544. The maximum atomic E-state index is 11.0. The van der Waals surface area contributed by atoms with Crippen LogP contribution in [0.5, 0.6) is 5.75 Å². The van der Waals surface area contributed by atoms with E-state index in [0.29, 0.717) is 6.42 Å². The van der Waals surface area contributed by atoms with Gasteiger partial charge in [-0.2, -0.15) is 0 Å². The van der Waals surface area contributed by atoms with Gasteiger partial charge in [0.15, 0.2) is 0 Å². The van der Waals surface area contributed by atoms with Crippen molar-refractivity contribution >= 4 is 5.78 Å². The number of ether oxygens (including phenoxy) is 1. The standard InChI is InChI=1S/C19H22O2/c1-16(20)9-10-18-11-13-19(14-12-18)21-15-5-8-17-6-3-2-4-7-17/h2-4,6-7,11-14H,5,8-10,15H2,1H3. The van der Waals surface area contributed by atoms with Crippen LogP contribution in [0.15, 0.2) is 54.6 Å². The highest BCUT2D eigenvalue weighted by Crippen LogP contribution is 2.14. The SMILES string of the molecule is CC(=O)CCc1ccc(OCCCc2ccccc2)cc1. The summed E-state index contributed by atoms with van der Waals surface area (Å²) in [5.74, 6) is 1.13. The number of carbonyl (C=O) groups is 1. The largest absolute Gasteiger partial charge is 0.494 e. The number of aryl methyl sites for hydroxylation is 2. The van der Waals surface area contributed by atoms with Crippen LogP contribution in [-0.2, 0) is 17.6 Å². The Morgan fingerprint density at radius 3 is 2.24 bits per heavy atom. The van der Waals surface area contributed by atoms with Crippen LogP contribution in [-0.4, -0.2) is 12.4 Å². The predicted molar refractivity (Wildman–Crippen MR) is 85.7 cm³/mol. The van der Waals surface area contributed by atoms with Crippen molar-refractivity contribution in [3.8, 4) is 5.75 Å². The summed E-state index contributed by atoms with van der Waals surface area (Å²) in [5.41, 5.74) is 2.53. The minimum Gasteiger partial charge on any atom is -0.494 e. The lowest BCUT2D eigenvalue weighted by atomic mass is 10.1. The number of rotatable bonds is 8. The van der Waals surface area contributed by atoms with Crippen molar-refractivity contribution in [1.82, 2.24) is 0 Å². The Labute approximate surface area is 126 Å². The zero-order valence-corrected chi connectivity index (χ0v) is 12.5. The molecule has 0 fully saturated rings. The lowest BCUT2D eigenvalue weighted by Crippen LogP contribution is -1.99. The van der Waals surface area contributed by atoms with E-state index in [1.54, 1.807) is 6.92 Å². The van der Waals surface area contributed by atoms with Crippen LogP contribution in [0.4, 0.5) is 0 Å². The van der Waals surface area contributed by atoms with Gasteiger partial charge in [0, 0.05) is 6.42 Å². The topological polar surface area (TPSA) is 26.3 Å². The molecule has 0 aromatic heterocycles. The fourth-order valence-electron chi connectivity index (χ4n) is 2.18. The van der Waals surface area contributed by atoms with Gasteiger partial charge in [0.25, 0.3) is 0 Å². The second-order valence-electron chi connectivity index (χ2n) is 5.28. The molecule has 0 saturated heterocycles.